The predicted octanol–water partition coefficient (Wildman–Crippen LogP) is 5.05. The first-order valence-electron chi connectivity index (χ1n) is 7.70. The molecule has 1 aliphatic carbocycles. The van der Waals surface area contributed by atoms with E-state index in [2.05, 4.69) is 33.1 Å². The molecule has 3 atom stereocenters. The normalized spacial score (nSPS) is 34.5. The van der Waals surface area contributed by atoms with Crippen molar-refractivity contribution in [3.05, 3.63) is 36.0 Å². The van der Waals surface area contributed by atoms with E-state index in [0.29, 0.717) is 6.10 Å². The Bertz CT molecular complexity index is 369. The molecule has 1 heterocycles. The van der Waals surface area contributed by atoms with E-state index in [0.717, 1.165) is 30.4 Å². The summed E-state index contributed by atoms with van der Waals surface area (Å²) in [6.07, 6.45) is 10.1. The van der Waals surface area contributed by atoms with Crippen LogP contribution in [0.1, 0.15) is 52.4 Å². The van der Waals surface area contributed by atoms with Crippen LogP contribution < -0.4 is 0 Å². The highest BCUT2D eigenvalue weighted by Crippen LogP contribution is 2.36. The highest BCUT2D eigenvalue weighted by atomic mass is 16.5. The lowest BCUT2D eigenvalue weighted by atomic mass is 9.78. The van der Waals surface area contributed by atoms with Gasteiger partial charge < -0.3 is 4.74 Å². The molecule has 0 radical (unpaired) electrons. The van der Waals surface area contributed by atoms with Crippen molar-refractivity contribution < 1.29 is 4.74 Å². The van der Waals surface area contributed by atoms with E-state index < -0.39 is 0 Å². The summed E-state index contributed by atoms with van der Waals surface area (Å²) in [4.78, 5) is 0. The fourth-order valence-electron chi connectivity index (χ4n) is 3.29. The van der Waals surface area contributed by atoms with Crippen molar-refractivity contribution in [3.63, 3.8) is 0 Å². The van der Waals surface area contributed by atoms with Gasteiger partial charge in [-0.05, 0) is 62.9 Å². The third-order valence-electron chi connectivity index (χ3n) is 4.43. The molecule has 1 saturated heterocycles. The zero-order valence-corrected chi connectivity index (χ0v) is 12.6. The lowest BCUT2D eigenvalue weighted by molar-refractivity contribution is -0.0241. The molecule has 2 aliphatic rings. The molecule has 0 spiro atoms. The molecule has 0 aromatic rings. The van der Waals surface area contributed by atoms with Crippen molar-refractivity contribution in [1.82, 2.24) is 0 Å². The molecule has 2 fully saturated rings. The van der Waals surface area contributed by atoms with Crippen molar-refractivity contribution in [2.24, 2.45) is 11.8 Å². The van der Waals surface area contributed by atoms with Crippen molar-refractivity contribution in [1.29, 1.82) is 0 Å². The summed E-state index contributed by atoms with van der Waals surface area (Å²) >= 11 is 0. The van der Waals surface area contributed by atoms with Crippen molar-refractivity contribution >= 4 is 0 Å². The van der Waals surface area contributed by atoms with Gasteiger partial charge in [-0.1, -0.05) is 37.3 Å². The van der Waals surface area contributed by atoms with Gasteiger partial charge in [0.15, 0.2) is 0 Å². The van der Waals surface area contributed by atoms with Crippen LogP contribution in [0.25, 0.3) is 0 Å². The monoisotopic (exact) mass is 260 g/mol. The van der Waals surface area contributed by atoms with E-state index in [1.54, 1.807) is 0 Å². The Kier molecular flexibility index (Phi) is 5.04. The first-order chi connectivity index (χ1) is 9.04. The summed E-state index contributed by atoms with van der Waals surface area (Å²) in [6, 6.07) is 0. The number of hydrogen-bond donors (Lipinski definition) is 0. The molecule has 3 unspecified atom stereocenters. The maximum atomic E-state index is 5.96. The molecule has 2 rings (SSSR count). The van der Waals surface area contributed by atoms with E-state index in [-0.39, 0.29) is 0 Å². The summed E-state index contributed by atoms with van der Waals surface area (Å²) in [5.41, 5.74) is 3.88. The molecule has 0 N–H and O–H groups in total. The van der Waals surface area contributed by atoms with E-state index >= 15 is 0 Å². The van der Waals surface area contributed by atoms with Gasteiger partial charge in [0.25, 0.3) is 0 Å². The van der Waals surface area contributed by atoms with Crippen LogP contribution >= 0.6 is 0 Å². The SMILES string of the molecule is C=C(C)/C=C1/CCC(CC2CCC(C)CO2)CC1=C. The van der Waals surface area contributed by atoms with Crippen LogP contribution in [0.15, 0.2) is 36.0 Å². The van der Waals surface area contributed by atoms with Crippen molar-refractivity contribution in [3.8, 4) is 0 Å². The molecule has 1 aliphatic heterocycles. The van der Waals surface area contributed by atoms with E-state index in [4.69, 9.17) is 4.74 Å². The molecule has 0 aromatic heterocycles. The Labute approximate surface area is 118 Å². The Morgan fingerprint density at radius 2 is 2.16 bits per heavy atom. The average molecular weight is 260 g/mol. The van der Waals surface area contributed by atoms with Gasteiger partial charge >= 0.3 is 0 Å². The fourth-order valence-corrected chi connectivity index (χ4v) is 3.29. The average Bonchev–Trinajstić information content (AvgIpc) is 2.35. The fraction of sp³-hybridized carbons (Fsp3) is 0.667. The molecule has 0 aromatic carbocycles. The Morgan fingerprint density at radius 1 is 1.37 bits per heavy atom. The second-order valence-corrected chi connectivity index (χ2v) is 6.60. The quantitative estimate of drug-likeness (QED) is 0.690. The van der Waals surface area contributed by atoms with Crippen LogP contribution in [0.3, 0.4) is 0 Å². The van der Waals surface area contributed by atoms with Crippen molar-refractivity contribution in [2.75, 3.05) is 6.61 Å². The molecule has 0 bridgehead atoms. The maximum absolute atomic E-state index is 5.96. The van der Waals surface area contributed by atoms with Crippen LogP contribution in [-0.2, 0) is 4.74 Å². The van der Waals surface area contributed by atoms with Crippen LogP contribution in [-0.4, -0.2) is 12.7 Å². The molecule has 1 nitrogen and oxygen atoms in total. The molecule has 19 heavy (non-hydrogen) atoms. The van der Waals surface area contributed by atoms with Crippen molar-refractivity contribution in [2.45, 2.75) is 58.5 Å². The first kappa shape index (κ1) is 14.6. The number of rotatable bonds is 3. The Balaban J connectivity index is 1.82. The Morgan fingerprint density at radius 3 is 2.74 bits per heavy atom. The third kappa shape index (κ3) is 4.35. The lowest BCUT2D eigenvalue weighted by Gasteiger charge is -2.32. The summed E-state index contributed by atoms with van der Waals surface area (Å²) in [5, 5.41) is 0. The summed E-state index contributed by atoms with van der Waals surface area (Å²) in [7, 11) is 0. The van der Waals surface area contributed by atoms with Gasteiger partial charge in [0.1, 0.15) is 0 Å². The van der Waals surface area contributed by atoms with Crippen LogP contribution in [0, 0.1) is 11.8 Å². The summed E-state index contributed by atoms with van der Waals surface area (Å²) in [5.74, 6) is 1.52. The first-order valence-corrected chi connectivity index (χ1v) is 7.70. The maximum Gasteiger partial charge on any atom is 0.0578 e. The minimum absolute atomic E-state index is 0.501. The molecule has 106 valence electrons. The zero-order valence-electron chi connectivity index (χ0n) is 12.6. The molecular weight excluding hydrogens is 232 g/mol. The van der Waals surface area contributed by atoms with Gasteiger partial charge in [0.2, 0.25) is 0 Å². The van der Waals surface area contributed by atoms with E-state index in [9.17, 15) is 0 Å². The van der Waals surface area contributed by atoms with Crippen LogP contribution in [0.4, 0.5) is 0 Å². The van der Waals surface area contributed by atoms with Gasteiger partial charge in [0.05, 0.1) is 6.10 Å². The largest absolute Gasteiger partial charge is 0.378 e. The standard InChI is InChI=1S/C18H28O/c1-13(2)9-17-7-6-16(10-15(17)4)11-18-8-5-14(3)12-19-18/h9,14,16,18H,1,4-8,10-12H2,2-3H3/b17-9-. The van der Waals surface area contributed by atoms with Crippen LogP contribution in [0.2, 0.25) is 0 Å². The van der Waals surface area contributed by atoms with Crippen LogP contribution in [0.5, 0.6) is 0 Å². The topological polar surface area (TPSA) is 9.23 Å². The number of hydrogen-bond acceptors (Lipinski definition) is 1. The van der Waals surface area contributed by atoms with Gasteiger partial charge in [-0.25, -0.2) is 0 Å². The van der Waals surface area contributed by atoms with E-state index in [1.165, 1.54) is 43.3 Å². The summed E-state index contributed by atoms with van der Waals surface area (Å²) in [6.45, 7) is 13.5. The summed E-state index contributed by atoms with van der Waals surface area (Å²) < 4.78 is 5.96. The lowest BCUT2D eigenvalue weighted by Crippen LogP contribution is -2.27. The molecular formula is C18H28O. The van der Waals surface area contributed by atoms with Gasteiger partial charge in [-0.15, -0.1) is 0 Å². The second-order valence-electron chi connectivity index (χ2n) is 6.60. The second kappa shape index (κ2) is 6.56. The van der Waals surface area contributed by atoms with Gasteiger partial charge in [-0.3, -0.25) is 0 Å². The molecule has 1 saturated carbocycles. The van der Waals surface area contributed by atoms with Gasteiger partial charge in [0, 0.05) is 6.61 Å². The highest BCUT2D eigenvalue weighted by molar-refractivity contribution is 5.35. The number of allylic oxidation sites excluding steroid dienone is 4. The predicted molar refractivity (Wildman–Crippen MR) is 82.1 cm³/mol. The molecule has 0 amide bonds. The minimum atomic E-state index is 0.501. The minimum Gasteiger partial charge on any atom is -0.378 e. The third-order valence-corrected chi connectivity index (χ3v) is 4.43. The molecule has 1 heteroatoms. The smallest absolute Gasteiger partial charge is 0.0578 e. The van der Waals surface area contributed by atoms with Gasteiger partial charge in [-0.2, -0.15) is 0 Å². The Hall–Kier alpha value is -0.820. The zero-order chi connectivity index (χ0) is 13.8. The number of ether oxygens (including phenoxy) is 1. The van der Waals surface area contributed by atoms with E-state index in [1.807, 2.05) is 0 Å². The highest BCUT2D eigenvalue weighted by Gasteiger charge is 2.25.